The lowest BCUT2D eigenvalue weighted by molar-refractivity contribution is -0.363. The van der Waals surface area contributed by atoms with Crippen LogP contribution in [0.1, 0.15) is 24.6 Å². The Hall–Kier alpha value is -2.36. The molecule has 4 rings (SSSR count). The second-order valence-corrected chi connectivity index (χ2v) is 5.10. The maximum atomic E-state index is 12.1. The smallest absolute Gasteiger partial charge is 0.345 e. The number of aromatic nitrogens is 3. The fraction of sp³-hybridized carbons (Fsp3) is 0.200. The van der Waals surface area contributed by atoms with Crippen LogP contribution in [-0.2, 0) is 0 Å². The molecule has 3 aromatic rings. The van der Waals surface area contributed by atoms with Gasteiger partial charge < -0.3 is 4.98 Å². The molecule has 4 heteroatoms. The predicted octanol–water partition coefficient (Wildman–Crippen LogP) is 2.21. The number of aromatic amines is 3. The number of hydrogen-bond donors (Lipinski definition) is 2. The van der Waals surface area contributed by atoms with Crippen LogP contribution in [0.15, 0.2) is 41.2 Å². The van der Waals surface area contributed by atoms with Crippen molar-refractivity contribution < 1.29 is 4.98 Å². The van der Waals surface area contributed by atoms with Crippen LogP contribution in [0.25, 0.3) is 22.3 Å². The molecule has 94 valence electrons. The molecule has 0 unspecified atom stereocenters. The molecule has 1 fully saturated rings. The summed E-state index contributed by atoms with van der Waals surface area (Å²) in [5.74, 6) is 1.46. The van der Waals surface area contributed by atoms with Gasteiger partial charge in [-0.15, -0.1) is 0 Å². The van der Waals surface area contributed by atoms with E-state index < -0.39 is 0 Å². The molecule has 0 bridgehead atoms. The minimum Gasteiger partial charge on any atom is -0.345 e. The van der Waals surface area contributed by atoms with Gasteiger partial charge in [0.2, 0.25) is 0 Å². The van der Waals surface area contributed by atoms with Gasteiger partial charge in [-0.25, -0.2) is 14.8 Å². The predicted molar refractivity (Wildman–Crippen MR) is 72.9 cm³/mol. The van der Waals surface area contributed by atoms with Crippen molar-refractivity contribution in [1.29, 1.82) is 0 Å². The quantitative estimate of drug-likeness (QED) is 0.721. The topological polar surface area (TPSA) is 62.8 Å². The van der Waals surface area contributed by atoms with Crippen molar-refractivity contribution in [3.8, 4) is 11.3 Å². The normalized spacial score (nSPS) is 14.9. The highest BCUT2D eigenvalue weighted by molar-refractivity contribution is 5.79. The highest BCUT2D eigenvalue weighted by Gasteiger charge is 2.31. The number of hydrogen-bond acceptors (Lipinski definition) is 1. The van der Waals surface area contributed by atoms with E-state index in [0.717, 1.165) is 35.4 Å². The minimum absolute atomic E-state index is 0.0437. The van der Waals surface area contributed by atoms with E-state index in [1.807, 2.05) is 36.4 Å². The Labute approximate surface area is 109 Å². The van der Waals surface area contributed by atoms with Crippen molar-refractivity contribution >= 4 is 11.0 Å². The van der Waals surface area contributed by atoms with Gasteiger partial charge in [-0.2, -0.15) is 0 Å². The van der Waals surface area contributed by atoms with Crippen molar-refractivity contribution in [1.82, 2.24) is 9.97 Å². The molecule has 1 aromatic carbocycles. The molecule has 19 heavy (non-hydrogen) atoms. The van der Waals surface area contributed by atoms with Gasteiger partial charge in [-0.05, 0) is 18.4 Å². The molecule has 0 spiro atoms. The molecular formula is C15H14N3O+. The average molecular weight is 252 g/mol. The molecule has 4 nitrogen and oxygen atoms in total. The van der Waals surface area contributed by atoms with E-state index in [4.69, 9.17) is 0 Å². The van der Waals surface area contributed by atoms with Crippen LogP contribution in [0.3, 0.4) is 0 Å². The maximum Gasteiger partial charge on any atom is 0.359 e. The Morgan fingerprint density at radius 3 is 2.63 bits per heavy atom. The lowest BCUT2D eigenvalue weighted by Crippen LogP contribution is -2.22. The van der Waals surface area contributed by atoms with E-state index >= 15 is 0 Å². The summed E-state index contributed by atoms with van der Waals surface area (Å²) in [7, 11) is 0. The first-order valence-corrected chi connectivity index (χ1v) is 6.55. The van der Waals surface area contributed by atoms with Crippen LogP contribution >= 0.6 is 0 Å². The van der Waals surface area contributed by atoms with Crippen LogP contribution in [0.2, 0.25) is 0 Å². The summed E-state index contributed by atoms with van der Waals surface area (Å²) in [6.07, 6.45) is 2.32. The molecule has 1 saturated carbocycles. The molecule has 0 aliphatic heterocycles. The first-order chi connectivity index (χ1) is 9.31. The summed E-state index contributed by atoms with van der Waals surface area (Å²) in [6, 6.07) is 12.0. The van der Waals surface area contributed by atoms with E-state index in [-0.39, 0.29) is 5.56 Å². The number of rotatable bonds is 2. The van der Waals surface area contributed by atoms with Gasteiger partial charge in [0.1, 0.15) is 0 Å². The zero-order valence-electron chi connectivity index (χ0n) is 10.4. The molecule has 0 saturated heterocycles. The zero-order valence-corrected chi connectivity index (χ0v) is 10.4. The van der Waals surface area contributed by atoms with E-state index in [1.54, 1.807) is 0 Å². The standard InChI is InChI=1S/C15H13N3O/c19-15-13-12(17-14(18-15)10-6-7-10)8-11(16-13)9-4-2-1-3-5-9/h1-5,8,10,16H,6-7H2,(H,17,18,19)/p+1. The van der Waals surface area contributed by atoms with E-state index in [0.29, 0.717) is 11.4 Å². The summed E-state index contributed by atoms with van der Waals surface area (Å²) in [4.78, 5) is 21.5. The summed E-state index contributed by atoms with van der Waals surface area (Å²) < 4.78 is 0. The Morgan fingerprint density at radius 2 is 1.89 bits per heavy atom. The zero-order chi connectivity index (χ0) is 12.8. The lowest BCUT2D eigenvalue weighted by Gasteiger charge is -1.94. The highest BCUT2D eigenvalue weighted by Crippen LogP contribution is 2.36. The Bertz CT molecular complexity index is 797. The van der Waals surface area contributed by atoms with Crippen LogP contribution in [-0.4, -0.2) is 9.97 Å². The van der Waals surface area contributed by atoms with Gasteiger partial charge in [-0.1, -0.05) is 30.3 Å². The molecule has 2 aromatic heterocycles. The van der Waals surface area contributed by atoms with E-state index in [1.165, 1.54) is 0 Å². The minimum atomic E-state index is -0.0437. The Morgan fingerprint density at radius 1 is 1.11 bits per heavy atom. The third-order valence-corrected chi connectivity index (χ3v) is 3.63. The molecule has 1 aliphatic carbocycles. The summed E-state index contributed by atoms with van der Waals surface area (Å²) in [5, 5.41) is 0. The van der Waals surface area contributed by atoms with E-state index in [9.17, 15) is 4.79 Å². The molecule has 0 radical (unpaired) electrons. The average Bonchev–Trinajstić information content (AvgIpc) is 3.19. The van der Waals surface area contributed by atoms with Gasteiger partial charge >= 0.3 is 5.56 Å². The third-order valence-electron chi connectivity index (χ3n) is 3.63. The van der Waals surface area contributed by atoms with Gasteiger partial charge in [0.25, 0.3) is 5.82 Å². The molecule has 0 atom stereocenters. The highest BCUT2D eigenvalue weighted by atomic mass is 16.1. The largest absolute Gasteiger partial charge is 0.359 e. The Kier molecular flexibility index (Phi) is 2.12. The second-order valence-electron chi connectivity index (χ2n) is 5.10. The van der Waals surface area contributed by atoms with Gasteiger partial charge in [0.15, 0.2) is 11.0 Å². The fourth-order valence-corrected chi connectivity index (χ4v) is 2.44. The van der Waals surface area contributed by atoms with E-state index in [2.05, 4.69) is 15.0 Å². The molecule has 1 aliphatic rings. The lowest BCUT2D eigenvalue weighted by atomic mass is 10.2. The van der Waals surface area contributed by atoms with Crippen LogP contribution in [0, 0.1) is 0 Å². The van der Waals surface area contributed by atoms with Crippen LogP contribution in [0.4, 0.5) is 0 Å². The molecule has 3 N–H and O–H groups in total. The van der Waals surface area contributed by atoms with Gasteiger partial charge in [0, 0.05) is 6.07 Å². The maximum absolute atomic E-state index is 12.1. The monoisotopic (exact) mass is 252 g/mol. The number of H-pyrrole nitrogens is 3. The van der Waals surface area contributed by atoms with Crippen LogP contribution < -0.4 is 10.5 Å². The van der Waals surface area contributed by atoms with Crippen LogP contribution in [0.5, 0.6) is 0 Å². The molecular weight excluding hydrogens is 238 g/mol. The fourth-order valence-electron chi connectivity index (χ4n) is 2.44. The van der Waals surface area contributed by atoms with Gasteiger partial charge in [-0.3, -0.25) is 0 Å². The SMILES string of the molecule is O=c1[nH]c(C2CC2)[nH+]c2cc(-c3ccccc3)[nH]c12. The number of nitrogens with one attached hydrogen (secondary N) is 3. The summed E-state index contributed by atoms with van der Waals surface area (Å²) in [6.45, 7) is 0. The summed E-state index contributed by atoms with van der Waals surface area (Å²) >= 11 is 0. The first kappa shape index (κ1) is 10.6. The molecule has 2 heterocycles. The first-order valence-electron chi connectivity index (χ1n) is 6.55. The van der Waals surface area contributed by atoms with Crippen molar-refractivity contribution in [2.45, 2.75) is 18.8 Å². The van der Waals surface area contributed by atoms with Crippen molar-refractivity contribution in [3.05, 3.63) is 52.6 Å². The van der Waals surface area contributed by atoms with Crippen molar-refractivity contribution in [3.63, 3.8) is 0 Å². The Balaban J connectivity index is 1.91. The number of benzene rings is 1. The third kappa shape index (κ3) is 1.76. The second kappa shape index (κ2) is 3.82. The summed E-state index contributed by atoms with van der Waals surface area (Å²) in [5.41, 5.74) is 3.50. The number of fused-ring (bicyclic) bond motifs is 1. The molecule has 0 amide bonds. The van der Waals surface area contributed by atoms with Gasteiger partial charge in [0.05, 0.1) is 11.6 Å². The van der Waals surface area contributed by atoms with Crippen molar-refractivity contribution in [2.75, 3.05) is 0 Å². The van der Waals surface area contributed by atoms with Crippen molar-refractivity contribution in [2.24, 2.45) is 0 Å².